The molecule has 1 aliphatic heterocycles. The minimum Gasteiger partial charge on any atom is -0.507 e. The van der Waals surface area contributed by atoms with Crippen LogP contribution in [0.1, 0.15) is 15.9 Å². The molecule has 0 unspecified atom stereocenters. The third-order valence-corrected chi connectivity index (χ3v) is 3.81. The topological polar surface area (TPSA) is 78.1 Å². The average molecular weight is 338 g/mol. The molecule has 3 rings (SSSR count). The number of halogens is 1. The highest BCUT2D eigenvalue weighted by atomic mass is 19.1. The summed E-state index contributed by atoms with van der Waals surface area (Å²) in [4.78, 5) is 20.1. The lowest BCUT2D eigenvalue weighted by Crippen LogP contribution is -2.38. The lowest BCUT2D eigenvalue weighted by molar-refractivity contribution is 0.0974. The number of nitrogens with one attached hydrogen (secondary N) is 2. The van der Waals surface area contributed by atoms with Crippen molar-refractivity contribution < 1.29 is 14.3 Å². The van der Waals surface area contributed by atoms with Gasteiger partial charge >= 0.3 is 0 Å². The molecule has 1 amide bonds. The Morgan fingerprint density at radius 2 is 2.20 bits per heavy atom. The Kier molecular flexibility index (Phi) is 4.35. The van der Waals surface area contributed by atoms with Crippen LogP contribution in [0.2, 0.25) is 0 Å². The molecule has 7 heteroatoms. The van der Waals surface area contributed by atoms with E-state index >= 15 is 0 Å². The van der Waals surface area contributed by atoms with Gasteiger partial charge in [-0.2, -0.15) is 0 Å². The van der Waals surface area contributed by atoms with E-state index in [1.165, 1.54) is 18.2 Å². The van der Waals surface area contributed by atoms with Crippen LogP contribution in [0.15, 0.2) is 35.3 Å². The van der Waals surface area contributed by atoms with Crippen molar-refractivity contribution in [1.29, 1.82) is 0 Å². The normalized spacial score (nSPS) is 12.9. The fraction of sp³-hybridized carbons (Fsp3) is 0.167. The second-order valence-electron chi connectivity index (χ2n) is 5.56. The van der Waals surface area contributed by atoms with E-state index in [2.05, 4.69) is 20.5 Å². The van der Waals surface area contributed by atoms with E-state index in [-0.39, 0.29) is 34.1 Å². The number of hydrogen-bond acceptors (Lipinski definition) is 4. The maximum atomic E-state index is 14.4. The van der Waals surface area contributed by atoms with Crippen LogP contribution in [0.3, 0.4) is 0 Å². The third-order valence-electron chi connectivity index (χ3n) is 3.81. The number of carbonyl (C=O) groups excluding carboxylic acids is 1. The first kappa shape index (κ1) is 16.5. The predicted octanol–water partition coefficient (Wildman–Crippen LogP) is 2.75. The Balaban J connectivity index is 2.19. The van der Waals surface area contributed by atoms with Gasteiger partial charge in [-0.25, -0.2) is 9.24 Å². The van der Waals surface area contributed by atoms with Crippen LogP contribution in [0.25, 0.3) is 16.0 Å². The van der Waals surface area contributed by atoms with E-state index in [0.29, 0.717) is 13.1 Å². The zero-order chi connectivity index (χ0) is 18.0. The van der Waals surface area contributed by atoms with Crippen LogP contribution in [-0.2, 0) is 0 Å². The molecule has 2 aromatic rings. The molecule has 0 saturated carbocycles. The maximum Gasteiger partial charge on any atom is 0.261 e. The summed E-state index contributed by atoms with van der Waals surface area (Å²) in [6.07, 6.45) is 0. The summed E-state index contributed by atoms with van der Waals surface area (Å²) in [5.74, 6) is -1.29. The number of amides is 1. The monoisotopic (exact) mass is 338 g/mol. The van der Waals surface area contributed by atoms with Gasteiger partial charge in [-0.15, -0.1) is 0 Å². The van der Waals surface area contributed by atoms with E-state index in [0.717, 1.165) is 5.56 Å². The van der Waals surface area contributed by atoms with Crippen LogP contribution < -0.4 is 10.6 Å². The first-order chi connectivity index (χ1) is 12.0. The summed E-state index contributed by atoms with van der Waals surface area (Å²) in [7, 11) is 0. The number of nitrogens with zero attached hydrogens (tertiary/aromatic N) is 2. The van der Waals surface area contributed by atoms with E-state index in [4.69, 9.17) is 6.57 Å². The minimum absolute atomic E-state index is 0.0623. The fourth-order valence-electron chi connectivity index (χ4n) is 2.66. The number of phenolic OH excluding ortho intramolecular Hbond substituents is 1. The van der Waals surface area contributed by atoms with E-state index in [9.17, 15) is 14.3 Å². The van der Waals surface area contributed by atoms with Crippen LogP contribution in [0.5, 0.6) is 5.75 Å². The van der Waals surface area contributed by atoms with E-state index < -0.39 is 11.7 Å². The zero-order valence-electron chi connectivity index (χ0n) is 13.4. The largest absolute Gasteiger partial charge is 0.507 e. The second kappa shape index (κ2) is 6.61. The number of benzene rings is 2. The maximum absolute atomic E-state index is 14.4. The molecule has 0 atom stereocenters. The summed E-state index contributed by atoms with van der Waals surface area (Å²) in [5, 5.41) is 15.7. The molecule has 1 aliphatic rings. The highest BCUT2D eigenvalue weighted by molar-refractivity contribution is 6.12. The van der Waals surface area contributed by atoms with Crippen molar-refractivity contribution in [2.24, 2.45) is 4.99 Å². The molecule has 0 saturated heterocycles. The van der Waals surface area contributed by atoms with Gasteiger partial charge < -0.3 is 10.4 Å². The van der Waals surface area contributed by atoms with Crippen molar-refractivity contribution in [3.8, 4) is 16.9 Å². The number of aliphatic imine (C=N–C) groups is 1. The molecule has 0 spiro atoms. The van der Waals surface area contributed by atoms with Gasteiger partial charge in [0.1, 0.15) is 11.6 Å². The summed E-state index contributed by atoms with van der Waals surface area (Å²) >= 11 is 0. The highest BCUT2D eigenvalue weighted by Crippen LogP contribution is 2.40. The molecule has 0 radical (unpaired) electrons. The predicted molar refractivity (Wildman–Crippen MR) is 92.3 cm³/mol. The minimum atomic E-state index is -0.660. The van der Waals surface area contributed by atoms with Crippen molar-refractivity contribution in [3.63, 3.8) is 0 Å². The molecule has 1 heterocycles. The first-order valence-electron chi connectivity index (χ1n) is 7.61. The molecule has 0 aliphatic carbocycles. The molecule has 6 nitrogen and oxygen atoms in total. The van der Waals surface area contributed by atoms with Crippen molar-refractivity contribution in [2.45, 2.75) is 6.92 Å². The Bertz CT molecular complexity index is 931. The molecule has 126 valence electrons. The van der Waals surface area contributed by atoms with Crippen LogP contribution in [0.4, 0.5) is 10.1 Å². The van der Waals surface area contributed by atoms with Crippen molar-refractivity contribution in [3.05, 3.63) is 58.7 Å². The highest BCUT2D eigenvalue weighted by Gasteiger charge is 2.24. The Hall–Kier alpha value is -3.40. The first-order valence-corrected chi connectivity index (χ1v) is 7.61. The summed E-state index contributed by atoms with van der Waals surface area (Å²) in [6, 6.07) is 7.02. The van der Waals surface area contributed by atoms with Gasteiger partial charge in [0.25, 0.3) is 5.91 Å². The number of guanidine groups is 1. The number of hydrogen-bond donors (Lipinski definition) is 3. The quantitative estimate of drug-likeness (QED) is 0.737. The standard InChI is InChI=1S/C18H15FN4O2/c1-10-3-4-12(19)11(9-10)15-13(20-2)5-6-14(24)16(15)17(25)23-18-21-7-8-22-18/h3-6,9,24H,7-8H2,1H3,(H2,21,22,23,25). The fourth-order valence-corrected chi connectivity index (χ4v) is 2.66. The Morgan fingerprint density at radius 1 is 1.40 bits per heavy atom. The number of aryl methyl sites for hydroxylation is 1. The van der Waals surface area contributed by atoms with Gasteiger partial charge in [0.15, 0.2) is 11.6 Å². The summed E-state index contributed by atoms with van der Waals surface area (Å²) in [6.45, 7) is 10.3. The summed E-state index contributed by atoms with van der Waals surface area (Å²) in [5.41, 5.74) is 0.840. The van der Waals surface area contributed by atoms with Crippen LogP contribution in [0, 0.1) is 19.3 Å². The van der Waals surface area contributed by atoms with Crippen molar-refractivity contribution in [2.75, 3.05) is 13.1 Å². The molecule has 0 bridgehead atoms. The van der Waals surface area contributed by atoms with E-state index in [1.54, 1.807) is 19.1 Å². The number of aromatic hydroxyl groups is 1. The molecule has 0 fully saturated rings. The van der Waals surface area contributed by atoms with Gasteiger partial charge in [-0.3, -0.25) is 15.1 Å². The van der Waals surface area contributed by atoms with Gasteiger partial charge in [0.2, 0.25) is 0 Å². The molecule has 2 aromatic carbocycles. The molecular formula is C18H15FN4O2. The number of rotatable bonds is 2. The SMILES string of the molecule is [C-]#[N+]c1ccc(O)c(C(=O)NC2=NCCN2)c1-c1cc(C)ccc1F. The van der Waals surface area contributed by atoms with Gasteiger partial charge in [-0.1, -0.05) is 17.7 Å². The second-order valence-corrected chi connectivity index (χ2v) is 5.56. The summed E-state index contributed by atoms with van der Waals surface area (Å²) < 4.78 is 14.4. The van der Waals surface area contributed by atoms with Crippen molar-refractivity contribution in [1.82, 2.24) is 10.6 Å². The van der Waals surface area contributed by atoms with Crippen LogP contribution >= 0.6 is 0 Å². The molecule has 0 aromatic heterocycles. The van der Waals surface area contributed by atoms with Gasteiger partial charge in [0.05, 0.1) is 18.7 Å². The molecule has 3 N–H and O–H groups in total. The van der Waals surface area contributed by atoms with Crippen molar-refractivity contribution >= 4 is 17.6 Å². The lowest BCUT2D eigenvalue weighted by atomic mass is 9.94. The van der Waals surface area contributed by atoms with Crippen LogP contribution in [-0.4, -0.2) is 30.1 Å². The number of phenols is 1. The lowest BCUT2D eigenvalue weighted by Gasteiger charge is -2.15. The number of carbonyl (C=O) groups is 1. The molecular weight excluding hydrogens is 323 g/mol. The van der Waals surface area contributed by atoms with E-state index in [1.807, 2.05) is 0 Å². The average Bonchev–Trinajstić information content (AvgIpc) is 3.09. The zero-order valence-corrected chi connectivity index (χ0v) is 13.4. The third kappa shape index (κ3) is 3.15. The molecule has 25 heavy (non-hydrogen) atoms. The smallest absolute Gasteiger partial charge is 0.261 e. The van der Waals surface area contributed by atoms with Gasteiger partial charge in [0, 0.05) is 17.7 Å². The Labute approximate surface area is 143 Å². The van der Waals surface area contributed by atoms with Gasteiger partial charge in [-0.05, 0) is 25.1 Å². The Morgan fingerprint density at radius 3 is 2.88 bits per heavy atom.